The fraction of sp³-hybridized carbons (Fsp3) is 0.0526. The molecular weight excluding hydrogens is 300 g/mol. The van der Waals surface area contributed by atoms with Crippen molar-refractivity contribution >= 4 is 33.5 Å². The fourth-order valence-corrected chi connectivity index (χ4v) is 2.68. The molecule has 4 aromatic rings. The Bertz CT molecular complexity index is 1080. The molecular formula is C19H14N4O. The number of nitrogens with one attached hydrogen (secondary N) is 1. The van der Waals surface area contributed by atoms with Gasteiger partial charge in [0, 0.05) is 11.6 Å². The molecule has 4 rings (SSSR count). The van der Waals surface area contributed by atoms with E-state index in [-0.39, 0.29) is 11.6 Å². The van der Waals surface area contributed by atoms with Crippen molar-refractivity contribution in [2.24, 2.45) is 0 Å². The predicted octanol–water partition coefficient (Wildman–Crippen LogP) is 3.74. The minimum atomic E-state index is -0.290. The lowest BCUT2D eigenvalue weighted by Crippen LogP contribution is -2.14. The highest BCUT2D eigenvalue weighted by Crippen LogP contribution is 2.25. The van der Waals surface area contributed by atoms with Gasteiger partial charge in [0.25, 0.3) is 5.91 Å². The molecule has 0 aliphatic rings. The van der Waals surface area contributed by atoms with Crippen molar-refractivity contribution in [3.05, 3.63) is 72.2 Å². The van der Waals surface area contributed by atoms with Gasteiger partial charge in [0.05, 0.1) is 28.4 Å². The number of nitrogens with zero attached hydrogens (tertiary/aromatic N) is 3. The van der Waals surface area contributed by atoms with Gasteiger partial charge in [-0.1, -0.05) is 18.2 Å². The Labute approximate surface area is 138 Å². The van der Waals surface area contributed by atoms with E-state index in [4.69, 9.17) is 0 Å². The van der Waals surface area contributed by atoms with Crippen LogP contribution in [0.1, 0.15) is 16.1 Å². The summed E-state index contributed by atoms with van der Waals surface area (Å²) >= 11 is 0. The van der Waals surface area contributed by atoms with Crippen LogP contribution in [0.25, 0.3) is 21.9 Å². The highest BCUT2D eigenvalue weighted by atomic mass is 16.1. The second-order valence-corrected chi connectivity index (χ2v) is 5.53. The average Bonchev–Trinajstić information content (AvgIpc) is 2.64. The minimum Gasteiger partial charge on any atom is -0.320 e. The number of aryl methyl sites for hydroxylation is 1. The molecule has 0 radical (unpaired) electrons. The zero-order valence-corrected chi connectivity index (χ0v) is 13.0. The van der Waals surface area contributed by atoms with Gasteiger partial charge in [0.1, 0.15) is 5.69 Å². The van der Waals surface area contributed by atoms with Gasteiger partial charge < -0.3 is 5.32 Å². The number of aromatic nitrogens is 3. The Morgan fingerprint density at radius 1 is 0.958 bits per heavy atom. The number of hydrogen-bond donors (Lipinski definition) is 1. The first kappa shape index (κ1) is 14.3. The molecule has 2 aromatic heterocycles. The van der Waals surface area contributed by atoms with E-state index in [1.165, 1.54) is 6.20 Å². The van der Waals surface area contributed by atoms with Crippen LogP contribution in [0.2, 0.25) is 0 Å². The third-order valence-corrected chi connectivity index (χ3v) is 3.90. The van der Waals surface area contributed by atoms with Crippen molar-refractivity contribution in [2.45, 2.75) is 6.92 Å². The van der Waals surface area contributed by atoms with Crippen LogP contribution in [0, 0.1) is 6.92 Å². The van der Waals surface area contributed by atoms with Crippen molar-refractivity contribution in [2.75, 3.05) is 5.32 Å². The molecule has 0 aliphatic carbocycles. The van der Waals surface area contributed by atoms with Crippen LogP contribution >= 0.6 is 0 Å². The average molecular weight is 314 g/mol. The van der Waals surface area contributed by atoms with Gasteiger partial charge in [-0.25, -0.2) is 4.98 Å². The lowest BCUT2D eigenvalue weighted by atomic mass is 10.1. The van der Waals surface area contributed by atoms with E-state index in [9.17, 15) is 4.79 Å². The monoisotopic (exact) mass is 314 g/mol. The Balaban J connectivity index is 1.72. The van der Waals surface area contributed by atoms with Crippen molar-refractivity contribution in [3.63, 3.8) is 0 Å². The highest BCUT2D eigenvalue weighted by molar-refractivity contribution is 6.08. The molecule has 0 saturated carbocycles. The maximum absolute atomic E-state index is 12.6. The number of benzene rings is 2. The first-order valence-corrected chi connectivity index (χ1v) is 7.60. The quantitative estimate of drug-likeness (QED) is 0.612. The standard InChI is InChI=1S/C19H14N4O/c1-12-8-9-14(13-5-4-10-20-18(12)13)23-19(24)17-11-21-15-6-2-3-7-16(15)22-17/h2-11H,1H3,(H,23,24). The highest BCUT2D eigenvalue weighted by Gasteiger charge is 2.12. The van der Waals surface area contributed by atoms with Gasteiger partial charge >= 0.3 is 0 Å². The topological polar surface area (TPSA) is 67.8 Å². The normalized spacial score (nSPS) is 10.9. The molecule has 0 saturated heterocycles. The minimum absolute atomic E-state index is 0.284. The molecule has 1 N–H and O–H groups in total. The zero-order valence-electron chi connectivity index (χ0n) is 13.0. The summed E-state index contributed by atoms with van der Waals surface area (Å²) in [5, 5.41) is 3.81. The lowest BCUT2D eigenvalue weighted by Gasteiger charge is -2.10. The van der Waals surface area contributed by atoms with Crippen LogP contribution in [0.15, 0.2) is 60.9 Å². The van der Waals surface area contributed by atoms with Crippen LogP contribution in [0.4, 0.5) is 5.69 Å². The number of hydrogen-bond acceptors (Lipinski definition) is 4. The lowest BCUT2D eigenvalue weighted by molar-refractivity contribution is 0.102. The molecule has 0 unspecified atom stereocenters. The number of amides is 1. The number of carbonyl (C=O) groups is 1. The van der Waals surface area contributed by atoms with Gasteiger partial charge in [0.2, 0.25) is 0 Å². The molecule has 0 atom stereocenters. The Kier molecular flexibility index (Phi) is 3.39. The van der Waals surface area contributed by atoms with Crippen LogP contribution < -0.4 is 5.32 Å². The van der Waals surface area contributed by atoms with Crippen LogP contribution in [-0.4, -0.2) is 20.9 Å². The van der Waals surface area contributed by atoms with E-state index in [1.54, 1.807) is 6.20 Å². The first-order valence-electron chi connectivity index (χ1n) is 7.60. The molecule has 2 heterocycles. The molecule has 0 aliphatic heterocycles. The van der Waals surface area contributed by atoms with Crippen molar-refractivity contribution in [1.29, 1.82) is 0 Å². The Morgan fingerprint density at radius 2 is 1.79 bits per heavy atom. The van der Waals surface area contributed by atoms with Gasteiger partial charge in [-0.05, 0) is 42.8 Å². The summed E-state index contributed by atoms with van der Waals surface area (Å²) in [6.07, 6.45) is 3.24. The van der Waals surface area contributed by atoms with E-state index in [0.29, 0.717) is 11.2 Å². The molecule has 116 valence electrons. The number of anilines is 1. The summed E-state index contributed by atoms with van der Waals surface area (Å²) in [7, 11) is 0. The number of pyridine rings is 1. The summed E-state index contributed by atoms with van der Waals surface area (Å²) in [4.78, 5) is 25.6. The summed E-state index contributed by atoms with van der Waals surface area (Å²) < 4.78 is 0. The maximum atomic E-state index is 12.6. The van der Waals surface area contributed by atoms with E-state index >= 15 is 0 Å². The number of fused-ring (bicyclic) bond motifs is 2. The van der Waals surface area contributed by atoms with Crippen molar-refractivity contribution in [1.82, 2.24) is 15.0 Å². The summed E-state index contributed by atoms with van der Waals surface area (Å²) in [6, 6.07) is 15.1. The van der Waals surface area contributed by atoms with Crippen molar-refractivity contribution in [3.8, 4) is 0 Å². The molecule has 0 bridgehead atoms. The number of para-hydroxylation sites is 2. The van der Waals surface area contributed by atoms with Crippen molar-refractivity contribution < 1.29 is 4.79 Å². The summed E-state index contributed by atoms with van der Waals surface area (Å²) in [5.74, 6) is -0.290. The summed E-state index contributed by atoms with van der Waals surface area (Å²) in [5.41, 5.74) is 4.39. The van der Waals surface area contributed by atoms with Crippen LogP contribution in [0.5, 0.6) is 0 Å². The number of rotatable bonds is 2. The smallest absolute Gasteiger partial charge is 0.275 e. The molecule has 2 aromatic carbocycles. The fourth-order valence-electron chi connectivity index (χ4n) is 2.68. The van der Waals surface area contributed by atoms with E-state index < -0.39 is 0 Å². The first-order chi connectivity index (χ1) is 11.7. The van der Waals surface area contributed by atoms with Gasteiger partial charge in [0.15, 0.2) is 0 Å². The second-order valence-electron chi connectivity index (χ2n) is 5.53. The maximum Gasteiger partial charge on any atom is 0.275 e. The molecule has 5 heteroatoms. The van der Waals surface area contributed by atoms with Crippen LogP contribution in [0.3, 0.4) is 0 Å². The molecule has 0 fully saturated rings. The molecule has 5 nitrogen and oxygen atoms in total. The largest absolute Gasteiger partial charge is 0.320 e. The van der Waals surface area contributed by atoms with E-state index in [1.807, 2.05) is 55.5 Å². The van der Waals surface area contributed by atoms with Gasteiger partial charge in [-0.3, -0.25) is 14.8 Å². The summed E-state index contributed by atoms with van der Waals surface area (Å²) in [6.45, 7) is 2.00. The third kappa shape index (κ3) is 2.46. The SMILES string of the molecule is Cc1ccc(NC(=O)c2cnc3ccccc3n2)c2cccnc12. The predicted molar refractivity (Wildman–Crippen MR) is 94.0 cm³/mol. The molecule has 0 spiro atoms. The zero-order chi connectivity index (χ0) is 16.5. The Morgan fingerprint density at radius 3 is 2.67 bits per heavy atom. The third-order valence-electron chi connectivity index (χ3n) is 3.90. The molecule has 24 heavy (non-hydrogen) atoms. The van der Waals surface area contributed by atoms with Gasteiger partial charge in [-0.2, -0.15) is 0 Å². The number of carbonyl (C=O) groups excluding carboxylic acids is 1. The van der Waals surface area contributed by atoms with Crippen LogP contribution in [-0.2, 0) is 0 Å². The molecule has 1 amide bonds. The van der Waals surface area contributed by atoms with Gasteiger partial charge in [-0.15, -0.1) is 0 Å². The van der Waals surface area contributed by atoms with E-state index in [0.717, 1.165) is 22.0 Å². The van der Waals surface area contributed by atoms with E-state index in [2.05, 4.69) is 20.3 Å². The second kappa shape index (κ2) is 5.70. The Hall–Kier alpha value is -3.34.